The van der Waals surface area contributed by atoms with E-state index in [9.17, 15) is 0 Å². The van der Waals surface area contributed by atoms with Gasteiger partial charge in [0.1, 0.15) is 0 Å². The van der Waals surface area contributed by atoms with Gasteiger partial charge in [-0.3, -0.25) is 0 Å². The molecule has 0 atom stereocenters. The molecule has 0 saturated carbocycles. The summed E-state index contributed by atoms with van der Waals surface area (Å²) in [5.74, 6) is 7.01. The number of hydrogen-bond acceptors (Lipinski definition) is 4. The van der Waals surface area contributed by atoms with E-state index in [0.717, 1.165) is 11.2 Å². The first-order chi connectivity index (χ1) is 11.2. The molecule has 0 radical (unpaired) electrons. The number of ether oxygens (including phenoxy) is 1. The van der Waals surface area contributed by atoms with E-state index in [2.05, 4.69) is 40.6 Å². The first-order valence-electron chi connectivity index (χ1n) is 7.63. The minimum absolute atomic E-state index is 0.249. The molecule has 0 fully saturated rings. The Labute approximate surface area is 135 Å². The van der Waals surface area contributed by atoms with Gasteiger partial charge in [0, 0.05) is 11.6 Å². The number of aromatic nitrogens is 4. The number of rotatable bonds is 3. The lowest BCUT2D eigenvalue weighted by Crippen LogP contribution is -2.04. The van der Waals surface area contributed by atoms with E-state index in [0.29, 0.717) is 23.8 Å². The maximum absolute atomic E-state index is 5.61. The van der Waals surface area contributed by atoms with Crippen molar-refractivity contribution in [2.45, 2.75) is 26.8 Å². The third kappa shape index (κ3) is 3.16. The highest BCUT2D eigenvalue weighted by Crippen LogP contribution is 2.23. The standard InChI is InChI=1S/C18H18N4O/c1-4-23-18-16-17(22(12-19-16)13(2)3)20-15(21-18)11-10-14-8-6-5-7-9-14/h5-9,12-13H,4H2,1-3H3. The van der Waals surface area contributed by atoms with Gasteiger partial charge in [-0.25, -0.2) is 9.97 Å². The van der Waals surface area contributed by atoms with Crippen molar-refractivity contribution in [3.05, 3.63) is 48.0 Å². The van der Waals surface area contributed by atoms with Gasteiger partial charge in [0.2, 0.25) is 11.7 Å². The summed E-state index contributed by atoms with van der Waals surface area (Å²) >= 11 is 0. The van der Waals surface area contributed by atoms with Crippen LogP contribution in [0.3, 0.4) is 0 Å². The molecule has 116 valence electrons. The molecule has 3 aromatic rings. The Morgan fingerprint density at radius 2 is 1.91 bits per heavy atom. The molecule has 0 spiro atoms. The zero-order chi connectivity index (χ0) is 16.2. The molecule has 1 aromatic carbocycles. The Kier molecular flexibility index (Phi) is 4.24. The van der Waals surface area contributed by atoms with Crippen LogP contribution in [0.5, 0.6) is 5.88 Å². The Morgan fingerprint density at radius 1 is 1.13 bits per heavy atom. The smallest absolute Gasteiger partial charge is 0.246 e. The third-order valence-corrected chi connectivity index (χ3v) is 3.32. The van der Waals surface area contributed by atoms with Crippen molar-refractivity contribution in [3.63, 3.8) is 0 Å². The van der Waals surface area contributed by atoms with Gasteiger partial charge in [0.15, 0.2) is 11.2 Å². The molecular weight excluding hydrogens is 288 g/mol. The van der Waals surface area contributed by atoms with Crippen molar-refractivity contribution in [2.24, 2.45) is 0 Å². The Morgan fingerprint density at radius 3 is 2.61 bits per heavy atom. The largest absolute Gasteiger partial charge is 0.476 e. The summed E-state index contributed by atoms with van der Waals surface area (Å²) in [4.78, 5) is 13.3. The van der Waals surface area contributed by atoms with Crippen LogP contribution in [0, 0.1) is 11.8 Å². The third-order valence-electron chi connectivity index (χ3n) is 3.32. The van der Waals surface area contributed by atoms with Gasteiger partial charge in [0.05, 0.1) is 12.9 Å². The van der Waals surface area contributed by atoms with Gasteiger partial charge in [-0.05, 0) is 38.8 Å². The molecule has 3 rings (SSSR count). The maximum Gasteiger partial charge on any atom is 0.246 e. The zero-order valence-electron chi connectivity index (χ0n) is 13.4. The Bertz CT molecular complexity index is 872. The van der Waals surface area contributed by atoms with Crippen LogP contribution < -0.4 is 4.74 Å². The topological polar surface area (TPSA) is 52.8 Å². The predicted molar refractivity (Wildman–Crippen MR) is 89.3 cm³/mol. The number of benzene rings is 1. The summed E-state index contributed by atoms with van der Waals surface area (Å²) in [7, 11) is 0. The summed E-state index contributed by atoms with van der Waals surface area (Å²) in [6.45, 7) is 6.60. The molecule has 0 unspecified atom stereocenters. The van der Waals surface area contributed by atoms with E-state index >= 15 is 0 Å². The first-order valence-corrected chi connectivity index (χ1v) is 7.63. The minimum Gasteiger partial charge on any atom is -0.476 e. The van der Waals surface area contributed by atoms with E-state index in [1.807, 2.05) is 41.8 Å². The molecular formula is C18H18N4O. The SMILES string of the molecule is CCOc1nc(C#Cc2ccccc2)nc2c1ncn2C(C)C. The minimum atomic E-state index is 0.249. The Hall–Kier alpha value is -2.87. The van der Waals surface area contributed by atoms with Crippen molar-refractivity contribution in [3.8, 4) is 17.7 Å². The van der Waals surface area contributed by atoms with Crippen LogP contribution >= 0.6 is 0 Å². The maximum atomic E-state index is 5.61. The molecule has 0 aliphatic rings. The van der Waals surface area contributed by atoms with Crippen LogP contribution in [0.4, 0.5) is 0 Å². The van der Waals surface area contributed by atoms with Gasteiger partial charge in [-0.2, -0.15) is 4.98 Å². The van der Waals surface area contributed by atoms with Gasteiger partial charge in [0.25, 0.3) is 0 Å². The average molecular weight is 306 g/mol. The number of fused-ring (bicyclic) bond motifs is 1. The van der Waals surface area contributed by atoms with E-state index < -0.39 is 0 Å². The normalized spacial score (nSPS) is 10.6. The van der Waals surface area contributed by atoms with E-state index in [1.54, 1.807) is 6.33 Å². The Balaban J connectivity index is 2.10. The molecule has 0 aliphatic heterocycles. The molecule has 0 bridgehead atoms. The molecule has 2 heterocycles. The molecule has 23 heavy (non-hydrogen) atoms. The van der Waals surface area contributed by atoms with Gasteiger partial charge < -0.3 is 9.30 Å². The lowest BCUT2D eigenvalue weighted by molar-refractivity contribution is 0.330. The van der Waals surface area contributed by atoms with E-state index in [-0.39, 0.29) is 6.04 Å². The zero-order valence-corrected chi connectivity index (χ0v) is 13.4. The van der Waals surface area contributed by atoms with Crippen LogP contribution in [-0.4, -0.2) is 26.1 Å². The van der Waals surface area contributed by atoms with Crippen LogP contribution in [0.2, 0.25) is 0 Å². The summed E-state index contributed by atoms with van der Waals surface area (Å²) in [6, 6.07) is 10.0. The quantitative estimate of drug-likeness (QED) is 0.697. The molecule has 5 heteroatoms. The van der Waals surface area contributed by atoms with Crippen molar-refractivity contribution in [1.82, 2.24) is 19.5 Å². The van der Waals surface area contributed by atoms with Crippen LogP contribution in [0.25, 0.3) is 11.2 Å². The van der Waals surface area contributed by atoms with Crippen molar-refractivity contribution >= 4 is 11.2 Å². The van der Waals surface area contributed by atoms with E-state index in [4.69, 9.17) is 4.74 Å². The molecule has 0 aliphatic carbocycles. The summed E-state index contributed by atoms with van der Waals surface area (Å²) in [6.07, 6.45) is 1.76. The van der Waals surface area contributed by atoms with Gasteiger partial charge in [-0.1, -0.05) is 24.1 Å². The van der Waals surface area contributed by atoms with E-state index in [1.165, 1.54) is 0 Å². The number of hydrogen-bond donors (Lipinski definition) is 0. The van der Waals surface area contributed by atoms with Crippen LogP contribution in [0.1, 0.15) is 38.2 Å². The van der Waals surface area contributed by atoms with Crippen LogP contribution in [-0.2, 0) is 0 Å². The monoisotopic (exact) mass is 306 g/mol. The fourth-order valence-corrected chi connectivity index (χ4v) is 2.21. The molecule has 5 nitrogen and oxygen atoms in total. The molecule has 0 amide bonds. The van der Waals surface area contributed by atoms with Crippen molar-refractivity contribution in [1.29, 1.82) is 0 Å². The second kappa shape index (κ2) is 6.49. The van der Waals surface area contributed by atoms with Gasteiger partial charge >= 0.3 is 0 Å². The number of nitrogens with zero attached hydrogens (tertiary/aromatic N) is 4. The summed E-state index contributed by atoms with van der Waals surface area (Å²) < 4.78 is 7.60. The first kappa shape index (κ1) is 15.0. The highest BCUT2D eigenvalue weighted by molar-refractivity contribution is 5.77. The highest BCUT2D eigenvalue weighted by Gasteiger charge is 2.14. The lowest BCUT2D eigenvalue weighted by Gasteiger charge is -2.08. The molecule has 0 saturated heterocycles. The van der Waals surface area contributed by atoms with Gasteiger partial charge in [-0.15, -0.1) is 0 Å². The second-order valence-corrected chi connectivity index (χ2v) is 5.32. The number of imidazole rings is 1. The fourth-order valence-electron chi connectivity index (χ4n) is 2.21. The lowest BCUT2D eigenvalue weighted by atomic mass is 10.2. The average Bonchev–Trinajstić information content (AvgIpc) is 2.98. The molecule has 0 N–H and O–H groups in total. The second-order valence-electron chi connectivity index (χ2n) is 5.32. The molecule has 2 aromatic heterocycles. The fraction of sp³-hybridized carbons (Fsp3) is 0.278. The summed E-state index contributed by atoms with van der Waals surface area (Å²) in [5, 5.41) is 0. The van der Waals surface area contributed by atoms with Crippen LogP contribution in [0.15, 0.2) is 36.7 Å². The summed E-state index contributed by atoms with van der Waals surface area (Å²) in [5.41, 5.74) is 2.34. The van der Waals surface area contributed by atoms with Crippen molar-refractivity contribution < 1.29 is 4.74 Å². The van der Waals surface area contributed by atoms with Crippen molar-refractivity contribution in [2.75, 3.05) is 6.61 Å². The predicted octanol–water partition coefficient (Wildman–Crippen LogP) is 3.21. The highest BCUT2D eigenvalue weighted by atomic mass is 16.5.